The van der Waals surface area contributed by atoms with Crippen LogP contribution in [0.4, 0.5) is 0 Å². The molecule has 6 heteroatoms. The molecule has 2 aliphatic heterocycles. The molecular weight excluding hydrogens is 232 g/mol. The molecule has 2 fully saturated rings. The van der Waals surface area contributed by atoms with E-state index in [0.717, 1.165) is 45.9 Å². The highest BCUT2D eigenvalue weighted by Gasteiger charge is 2.29. The highest BCUT2D eigenvalue weighted by Crippen LogP contribution is 2.18. The van der Waals surface area contributed by atoms with E-state index in [1.54, 1.807) is 0 Å². The summed E-state index contributed by atoms with van der Waals surface area (Å²) in [7, 11) is 0. The van der Waals surface area contributed by atoms with Gasteiger partial charge in [0.2, 0.25) is 0 Å². The molecule has 2 saturated heterocycles. The fourth-order valence-electron chi connectivity index (χ4n) is 2.80. The number of amidine groups is 1. The Hall–Kier alpha value is -0.850. The summed E-state index contributed by atoms with van der Waals surface area (Å²) in [6.07, 6.45) is 1.21. The SMILES string of the molecule is CC(CN1CCC(N2CCOCC2)C1)C(N)=NO. The number of rotatable bonds is 4. The van der Waals surface area contributed by atoms with E-state index in [0.29, 0.717) is 11.9 Å². The molecule has 2 heterocycles. The topological polar surface area (TPSA) is 74.3 Å². The molecule has 0 aliphatic carbocycles. The Morgan fingerprint density at radius 3 is 2.83 bits per heavy atom. The van der Waals surface area contributed by atoms with Crippen molar-refractivity contribution in [3.05, 3.63) is 0 Å². The molecule has 0 aromatic heterocycles. The van der Waals surface area contributed by atoms with Gasteiger partial charge in [-0.2, -0.15) is 0 Å². The standard InChI is InChI=1S/C12H24N4O2/c1-10(12(13)14-17)8-15-3-2-11(9-15)16-4-6-18-7-5-16/h10-11,17H,2-9H2,1H3,(H2,13,14). The van der Waals surface area contributed by atoms with Crippen molar-refractivity contribution in [2.24, 2.45) is 16.8 Å². The van der Waals surface area contributed by atoms with E-state index in [9.17, 15) is 0 Å². The van der Waals surface area contributed by atoms with Gasteiger partial charge in [0.15, 0.2) is 0 Å². The van der Waals surface area contributed by atoms with Crippen molar-refractivity contribution in [2.75, 3.05) is 45.9 Å². The summed E-state index contributed by atoms with van der Waals surface area (Å²) in [5.41, 5.74) is 5.62. The average Bonchev–Trinajstić information content (AvgIpc) is 2.87. The van der Waals surface area contributed by atoms with Gasteiger partial charge in [-0.05, 0) is 13.0 Å². The lowest BCUT2D eigenvalue weighted by Crippen LogP contribution is -2.45. The van der Waals surface area contributed by atoms with E-state index in [4.69, 9.17) is 15.7 Å². The number of nitrogens with zero attached hydrogens (tertiary/aromatic N) is 3. The number of morpholine rings is 1. The second-order valence-corrected chi connectivity index (χ2v) is 5.28. The first kappa shape index (κ1) is 13.6. The lowest BCUT2D eigenvalue weighted by Gasteiger charge is -2.32. The van der Waals surface area contributed by atoms with E-state index in [1.165, 1.54) is 6.42 Å². The number of ether oxygens (including phenoxy) is 1. The van der Waals surface area contributed by atoms with Crippen LogP contribution in [-0.2, 0) is 4.74 Å². The summed E-state index contributed by atoms with van der Waals surface area (Å²) >= 11 is 0. The largest absolute Gasteiger partial charge is 0.409 e. The molecule has 2 unspecified atom stereocenters. The second-order valence-electron chi connectivity index (χ2n) is 5.28. The molecule has 0 aromatic rings. The van der Waals surface area contributed by atoms with Crippen LogP contribution in [0.2, 0.25) is 0 Å². The first-order valence-electron chi connectivity index (χ1n) is 6.72. The fourth-order valence-corrected chi connectivity index (χ4v) is 2.80. The van der Waals surface area contributed by atoms with Gasteiger partial charge >= 0.3 is 0 Å². The number of hydrogen-bond acceptors (Lipinski definition) is 5. The summed E-state index contributed by atoms with van der Waals surface area (Å²) in [5, 5.41) is 11.7. The van der Waals surface area contributed by atoms with Gasteiger partial charge < -0.3 is 20.6 Å². The van der Waals surface area contributed by atoms with Crippen molar-refractivity contribution in [1.29, 1.82) is 0 Å². The van der Waals surface area contributed by atoms with Crippen LogP contribution >= 0.6 is 0 Å². The maximum Gasteiger partial charge on any atom is 0.143 e. The number of nitrogens with two attached hydrogens (primary N) is 1. The van der Waals surface area contributed by atoms with E-state index in [2.05, 4.69) is 15.0 Å². The Bertz CT molecular complexity index is 292. The summed E-state index contributed by atoms with van der Waals surface area (Å²) in [4.78, 5) is 4.93. The summed E-state index contributed by atoms with van der Waals surface area (Å²) < 4.78 is 5.38. The lowest BCUT2D eigenvalue weighted by molar-refractivity contribution is 0.0184. The zero-order chi connectivity index (χ0) is 13.0. The molecule has 6 nitrogen and oxygen atoms in total. The van der Waals surface area contributed by atoms with Crippen molar-refractivity contribution in [2.45, 2.75) is 19.4 Å². The Morgan fingerprint density at radius 2 is 2.17 bits per heavy atom. The van der Waals surface area contributed by atoms with Crippen LogP contribution in [0, 0.1) is 5.92 Å². The highest BCUT2D eigenvalue weighted by atomic mass is 16.5. The van der Waals surface area contributed by atoms with Gasteiger partial charge in [-0.15, -0.1) is 0 Å². The van der Waals surface area contributed by atoms with Gasteiger partial charge in [0.1, 0.15) is 5.84 Å². The number of likely N-dealkylation sites (tertiary alicyclic amines) is 1. The van der Waals surface area contributed by atoms with Gasteiger partial charge in [-0.3, -0.25) is 4.90 Å². The first-order valence-corrected chi connectivity index (χ1v) is 6.72. The Morgan fingerprint density at radius 1 is 1.44 bits per heavy atom. The van der Waals surface area contributed by atoms with Crippen LogP contribution in [0.5, 0.6) is 0 Å². The second kappa shape index (κ2) is 6.36. The Balaban J connectivity index is 1.77. The van der Waals surface area contributed by atoms with Crippen LogP contribution in [0.1, 0.15) is 13.3 Å². The summed E-state index contributed by atoms with van der Waals surface area (Å²) in [5.74, 6) is 0.434. The molecule has 2 atom stereocenters. The molecule has 0 amide bonds. The Kier molecular flexibility index (Phi) is 4.79. The summed E-state index contributed by atoms with van der Waals surface area (Å²) in [6.45, 7) is 8.87. The van der Waals surface area contributed by atoms with Crippen molar-refractivity contribution >= 4 is 5.84 Å². The van der Waals surface area contributed by atoms with E-state index < -0.39 is 0 Å². The normalized spacial score (nSPS) is 29.6. The molecule has 0 bridgehead atoms. The quantitative estimate of drug-likeness (QED) is 0.315. The lowest BCUT2D eigenvalue weighted by atomic mass is 10.1. The van der Waals surface area contributed by atoms with E-state index in [1.807, 2.05) is 6.92 Å². The van der Waals surface area contributed by atoms with E-state index in [-0.39, 0.29) is 5.92 Å². The minimum absolute atomic E-state index is 0.110. The van der Waals surface area contributed by atoms with Gasteiger partial charge in [0.05, 0.1) is 13.2 Å². The third kappa shape index (κ3) is 3.34. The fraction of sp³-hybridized carbons (Fsp3) is 0.917. The maximum atomic E-state index is 8.66. The minimum atomic E-state index is 0.110. The molecule has 0 saturated carbocycles. The first-order chi connectivity index (χ1) is 8.70. The van der Waals surface area contributed by atoms with Crippen LogP contribution in [0.15, 0.2) is 5.16 Å². The molecular formula is C12H24N4O2. The van der Waals surface area contributed by atoms with Gasteiger partial charge in [0, 0.05) is 38.1 Å². The molecule has 0 radical (unpaired) electrons. The van der Waals surface area contributed by atoms with Crippen molar-refractivity contribution in [3.8, 4) is 0 Å². The van der Waals surface area contributed by atoms with Crippen molar-refractivity contribution in [1.82, 2.24) is 9.80 Å². The predicted octanol–water partition coefficient (Wildman–Crippen LogP) is -0.225. The third-order valence-corrected chi connectivity index (χ3v) is 3.96. The minimum Gasteiger partial charge on any atom is -0.409 e. The summed E-state index contributed by atoms with van der Waals surface area (Å²) in [6, 6.07) is 0.647. The molecule has 0 aromatic carbocycles. The molecule has 3 N–H and O–H groups in total. The van der Waals surface area contributed by atoms with Gasteiger partial charge in [-0.1, -0.05) is 12.1 Å². The van der Waals surface area contributed by atoms with Crippen molar-refractivity contribution < 1.29 is 9.94 Å². The molecule has 104 valence electrons. The van der Waals surface area contributed by atoms with Crippen LogP contribution in [0.25, 0.3) is 0 Å². The van der Waals surface area contributed by atoms with Crippen LogP contribution in [0.3, 0.4) is 0 Å². The monoisotopic (exact) mass is 256 g/mol. The molecule has 0 spiro atoms. The van der Waals surface area contributed by atoms with Crippen LogP contribution < -0.4 is 5.73 Å². The molecule has 2 aliphatic rings. The average molecular weight is 256 g/mol. The third-order valence-electron chi connectivity index (χ3n) is 3.96. The Labute approximate surface area is 108 Å². The molecule has 2 rings (SSSR count). The smallest absolute Gasteiger partial charge is 0.143 e. The maximum absolute atomic E-state index is 8.66. The number of oxime groups is 1. The highest BCUT2D eigenvalue weighted by molar-refractivity contribution is 5.82. The van der Waals surface area contributed by atoms with Gasteiger partial charge in [0.25, 0.3) is 0 Å². The zero-order valence-electron chi connectivity index (χ0n) is 11.1. The van der Waals surface area contributed by atoms with Crippen molar-refractivity contribution in [3.63, 3.8) is 0 Å². The van der Waals surface area contributed by atoms with Gasteiger partial charge in [-0.25, -0.2) is 0 Å². The molecule has 18 heavy (non-hydrogen) atoms. The van der Waals surface area contributed by atoms with E-state index >= 15 is 0 Å². The predicted molar refractivity (Wildman–Crippen MR) is 69.8 cm³/mol. The zero-order valence-corrected chi connectivity index (χ0v) is 11.1. The number of hydrogen-bond donors (Lipinski definition) is 2. The van der Waals surface area contributed by atoms with Crippen LogP contribution in [-0.4, -0.2) is 72.8 Å².